The second-order valence-corrected chi connectivity index (χ2v) is 14.9. The van der Waals surface area contributed by atoms with E-state index in [1.807, 2.05) is 6.07 Å². The molecule has 42 heavy (non-hydrogen) atoms. The van der Waals surface area contributed by atoms with Gasteiger partial charge in [-0.05, 0) is 44.4 Å². The molecule has 13 heteroatoms. The van der Waals surface area contributed by atoms with E-state index in [0.717, 1.165) is 11.2 Å². The number of carbonyl (C=O) groups excluding carboxylic acids is 1. The largest absolute Gasteiger partial charge is 0.491 e. The summed E-state index contributed by atoms with van der Waals surface area (Å²) in [6, 6.07) is 11.2. The molecular weight excluding hydrogens is 596 g/mol. The Morgan fingerprint density at radius 3 is 2.38 bits per heavy atom. The van der Waals surface area contributed by atoms with E-state index in [2.05, 4.69) is 0 Å². The standard InChI is InChI=1S/C29H34F4N2O5S2/c1-27(30,31)10-9-20-17-35(19-7-5-4-6-8-19)22-13-24(41-21-15-29(32,33)16-21)23(14-25(22)42(37,38)34(20)2)40-18-28(11-12-28)26(36)39-3/h4-8,13-14,20-21H,9-12,15-18H2,1-3H3/t20-/m1/s1. The molecule has 1 atom stereocenters. The molecule has 0 spiro atoms. The van der Waals surface area contributed by atoms with E-state index in [-0.39, 0.29) is 43.1 Å². The molecule has 3 aliphatic rings. The van der Waals surface area contributed by atoms with E-state index in [4.69, 9.17) is 9.47 Å². The average Bonchev–Trinajstić information content (AvgIpc) is 3.72. The van der Waals surface area contributed by atoms with Crippen molar-refractivity contribution in [3.05, 3.63) is 42.5 Å². The van der Waals surface area contributed by atoms with Crippen molar-refractivity contribution in [3.8, 4) is 5.75 Å². The summed E-state index contributed by atoms with van der Waals surface area (Å²) >= 11 is 1.18. The van der Waals surface area contributed by atoms with Crippen molar-refractivity contribution >= 4 is 39.1 Å². The van der Waals surface area contributed by atoms with Gasteiger partial charge in [0.1, 0.15) is 22.7 Å². The number of carbonyl (C=O) groups is 1. The van der Waals surface area contributed by atoms with Crippen LogP contribution in [0.15, 0.2) is 52.3 Å². The highest BCUT2D eigenvalue weighted by molar-refractivity contribution is 8.00. The summed E-state index contributed by atoms with van der Waals surface area (Å²) in [6.07, 6.45) is -0.130. The maximum Gasteiger partial charge on any atom is 0.315 e. The number of halogens is 4. The minimum atomic E-state index is -4.21. The number of sulfonamides is 1. The van der Waals surface area contributed by atoms with Gasteiger partial charge in [-0.25, -0.2) is 26.0 Å². The molecule has 2 aromatic rings. The molecule has 2 saturated carbocycles. The third-order valence-electron chi connectivity index (χ3n) is 8.19. The molecule has 5 rings (SSSR count). The van der Waals surface area contributed by atoms with Crippen LogP contribution in [0.3, 0.4) is 0 Å². The first kappa shape index (κ1) is 30.9. The van der Waals surface area contributed by atoms with Gasteiger partial charge in [0.2, 0.25) is 21.9 Å². The van der Waals surface area contributed by atoms with E-state index >= 15 is 0 Å². The zero-order chi connectivity index (χ0) is 30.5. The fourth-order valence-electron chi connectivity index (χ4n) is 5.33. The van der Waals surface area contributed by atoms with Crippen LogP contribution >= 0.6 is 11.8 Å². The molecule has 2 aromatic carbocycles. The zero-order valence-corrected chi connectivity index (χ0v) is 25.3. The van der Waals surface area contributed by atoms with Crippen LogP contribution in [-0.4, -0.2) is 69.1 Å². The topological polar surface area (TPSA) is 76.2 Å². The number of benzene rings is 2. The van der Waals surface area contributed by atoms with Gasteiger partial charge in [-0.3, -0.25) is 4.79 Å². The van der Waals surface area contributed by atoms with Crippen molar-refractivity contribution in [2.24, 2.45) is 5.41 Å². The maximum atomic E-state index is 14.0. The highest BCUT2D eigenvalue weighted by atomic mass is 32.2. The molecule has 2 aliphatic carbocycles. The van der Waals surface area contributed by atoms with Crippen molar-refractivity contribution in [2.75, 3.05) is 32.2 Å². The van der Waals surface area contributed by atoms with E-state index < -0.39 is 51.0 Å². The van der Waals surface area contributed by atoms with Crippen molar-refractivity contribution in [2.45, 2.75) is 78.4 Å². The minimum absolute atomic E-state index is 0.0562. The molecular formula is C29H34F4N2O5S2. The van der Waals surface area contributed by atoms with Gasteiger partial charge in [-0.2, -0.15) is 4.31 Å². The summed E-state index contributed by atoms with van der Waals surface area (Å²) in [5, 5.41) is -0.411. The fourth-order valence-corrected chi connectivity index (χ4v) is 8.33. The first-order valence-corrected chi connectivity index (χ1v) is 16.1. The normalized spacial score (nSPS) is 22.9. The molecule has 0 radical (unpaired) electrons. The Labute approximate surface area is 247 Å². The predicted molar refractivity (Wildman–Crippen MR) is 151 cm³/mol. The number of likely N-dealkylation sites (N-methyl/N-ethyl adjacent to an activating group) is 1. The number of hydrogen-bond donors (Lipinski definition) is 0. The van der Waals surface area contributed by atoms with Crippen molar-refractivity contribution < 1.29 is 40.2 Å². The van der Waals surface area contributed by atoms with E-state index in [9.17, 15) is 30.8 Å². The molecule has 7 nitrogen and oxygen atoms in total. The summed E-state index contributed by atoms with van der Waals surface area (Å²) in [5.41, 5.74) is 0.114. The second kappa shape index (κ2) is 11.2. The van der Waals surface area contributed by atoms with Crippen LogP contribution in [-0.2, 0) is 19.6 Å². The molecule has 0 amide bonds. The third kappa shape index (κ3) is 6.37. The first-order valence-electron chi connectivity index (χ1n) is 13.8. The summed E-state index contributed by atoms with van der Waals surface area (Å²) < 4.78 is 95.4. The zero-order valence-electron chi connectivity index (χ0n) is 23.6. The number of ether oxygens (including phenoxy) is 2. The van der Waals surface area contributed by atoms with Gasteiger partial charge < -0.3 is 14.4 Å². The third-order valence-corrected chi connectivity index (χ3v) is 11.4. The molecule has 0 N–H and O–H groups in total. The Kier molecular flexibility index (Phi) is 8.25. The molecule has 2 fully saturated rings. The lowest BCUT2D eigenvalue weighted by Gasteiger charge is -2.35. The Balaban J connectivity index is 1.59. The van der Waals surface area contributed by atoms with Crippen molar-refractivity contribution in [3.63, 3.8) is 0 Å². The molecule has 0 aromatic heterocycles. The lowest BCUT2D eigenvalue weighted by molar-refractivity contribution is -0.148. The van der Waals surface area contributed by atoms with Crippen molar-refractivity contribution in [1.29, 1.82) is 0 Å². The molecule has 0 saturated heterocycles. The average molecular weight is 631 g/mol. The quantitative estimate of drug-likeness (QED) is 0.220. The van der Waals surface area contributed by atoms with Gasteiger partial charge >= 0.3 is 5.97 Å². The molecule has 0 bridgehead atoms. The van der Waals surface area contributed by atoms with E-state index in [1.54, 1.807) is 35.2 Å². The van der Waals surface area contributed by atoms with Crippen LogP contribution < -0.4 is 9.64 Å². The van der Waals surface area contributed by atoms with Crippen molar-refractivity contribution in [1.82, 2.24) is 4.31 Å². The van der Waals surface area contributed by atoms with Gasteiger partial charge in [0.05, 0.1) is 17.7 Å². The van der Waals surface area contributed by atoms with Gasteiger partial charge in [0.15, 0.2) is 0 Å². The van der Waals surface area contributed by atoms with Gasteiger partial charge in [-0.15, -0.1) is 11.8 Å². The Bertz CT molecular complexity index is 1420. The van der Waals surface area contributed by atoms with Crippen LogP contribution in [0.1, 0.15) is 45.4 Å². The number of esters is 1. The monoisotopic (exact) mass is 630 g/mol. The number of thioether (sulfide) groups is 1. The number of rotatable bonds is 10. The highest BCUT2D eigenvalue weighted by Gasteiger charge is 2.52. The number of hydrogen-bond acceptors (Lipinski definition) is 7. The minimum Gasteiger partial charge on any atom is -0.491 e. The van der Waals surface area contributed by atoms with E-state index in [0.29, 0.717) is 29.1 Å². The molecule has 1 heterocycles. The Morgan fingerprint density at radius 1 is 1.14 bits per heavy atom. The number of alkyl halides is 4. The fraction of sp³-hybridized carbons (Fsp3) is 0.552. The van der Waals surface area contributed by atoms with Gasteiger partial charge in [-0.1, -0.05) is 18.2 Å². The predicted octanol–water partition coefficient (Wildman–Crippen LogP) is 6.48. The van der Waals surface area contributed by atoms with Gasteiger partial charge in [0.25, 0.3) is 0 Å². The highest BCUT2D eigenvalue weighted by Crippen LogP contribution is 2.52. The summed E-state index contributed by atoms with van der Waals surface area (Å²) in [5.74, 6) is -6.00. The smallest absolute Gasteiger partial charge is 0.315 e. The first-order chi connectivity index (χ1) is 19.6. The Morgan fingerprint density at radius 2 is 1.81 bits per heavy atom. The van der Waals surface area contributed by atoms with E-state index in [1.165, 1.54) is 32.0 Å². The van der Waals surface area contributed by atoms with Crippen LogP contribution in [0.4, 0.5) is 28.9 Å². The summed E-state index contributed by atoms with van der Waals surface area (Å²) in [7, 11) is -1.54. The maximum absolute atomic E-state index is 14.0. The number of anilines is 2. The number of nitrogens with zero attached hydrogens (tertiary/aromatic N) is 2. The Hall–Kier alpha value is -2.51. The van der Waals surface area contributed by atoms with Crippen LogP contribution in [0.5, 0.6) is 5.75 Å². The number of fused-ring (bicyclic) bond motifs is 1. The SMILES string of the molecule is COC(=O)C1(COc2cc3c(cc2SC2CC(F)(F)C2)N(c2ccccc2)C[C@@H](CCC(C)(F)F)N(C)S3(=O)=O)CC1. The molecule has 1 aliphatic heterocycles. The number of para-hydroxylation sites is 1. The van der Waals surface area contributed by atoms with Crippen LogP contribution in [0.25, 0.3) is 0 Å². The lowest BCUT2D eigenvalue weighted by Crippen LogP contribution is -2.41. The lowest BCUT2D eigenvalue weighted by atomic mass is 9.94. The molecule has 0 unspecified atom stereocenters. The summed E-state index contributed by atoms with van der Waals surface area (Å²) in [6.45, 7) is 0.847. The summed E-state index contributed by atoms with van der Waals surface area (Å²) in [4.78, 5) is 14.5. The van der Waals surface area contributed by atoms with Crippen LogP contribution in [0, 0.1) is 5.41 Å². The van der Waals surface area contributed by atoms with Gasteiger partial charge in [0, 0.05) is 55.9 Å². The number of methoxy groups -OCH3 is 1. The van der Waals surface area contributed by atoms with Crippen LogP contribution in [0.2, 0.25) is 0 Å². The molecule has 230 valence electrons. The second-order valence-electron chi connectivity index (χ2n) is 11.6.